The van der Waals surface area contributed by atoms with Crippen LogP contribution in [0.2, 0.25) is 0 Å². The molecule has 0 aliphatic heterocycles. The molecule has 0 aromatic heterocycles. The van der Waals surface area contributed by atoms with Gasteiger partial charge in [0.05, 0.1) is 19.5 Å². The summed E-state index contributed by atoms with van der Waals surface area (Å²) in [5.74, 6) is 1.60. The first-order chi connectivity index (χ1) is 9.11. The molecule has 0 fully saturated rings. The lowest BCUT2D eigenvalue weighted by Crippen LogP contribution is -2.18. The summed E-state index contributed by atoms with van der Waals surface area (Å²) in [7, 11) is 3.33. The highest BCUT2D eigenvalue weighted by atomic mass is 32.4. The van der Waals surface area contributed by atoms with E-state index < -0.39 is 6.04 Å². The Morgan fingerprint density at radius 1 is 0.842 bits per heavy atom. The minimum Gasteiger partial charge on any atom is -0.496 e. The van der Waals surface area contributed by atoms with Crippen LogP contribution in [0.15, 0.2) is 48.5 Å². The Labute approximate surface area is 119 Å². The Bertz CT molecular complexity index is 589. The monoisotopic (exact) mass is 292 g/mol. The summed E-state index contributed by atoms with van der Waals surface area (Å²) in [6, 6.07) is 14.0. The van der Waals surface area contributed by atoms with Gasteiger partial charge in [0.15, 0.2) is 0 Å². The maximum Gasteiger partial charge on any atom is 0.131 e. The second-order valence-electron chi connectivity index (χ2n) is 4.27. The van der Waals surface area contributed by atoms with E-state index in [0.717, 1.165) is 22.1 Å². The van der Waals surface area contributed by atoms with E-state index in [9.17, 15) is 0 Å². The molecule has 2 nitrogen and oxygen atoms in total. The van der Waals surface area contributed by atoms with Crippen molar-refractivity contribution < 1.29 is 9.47 Å². The van der Waals surface area contributed by atoms with Crippen LogP contribution in [-0.4, -0.2) is 20.9 Å². The molecule has 0 aliphatic carbocycles. The van der Waals surface area contributed by atoms with Crippen molar-refractivity contribution in [2.45, 2.75) is 0 Å². The number of rotatable bonds is 4. The fourth-order valence-electron chi connectivity index (χ4n) is 2.09. The van der Waals surface area contributed by atoms with E-state index in [1.165, 1.54) is 0 Å². The van der Waals surface area contributed by atoms with Gasteiger partial charge in [0, 0.05) is 6.04 Å². The van der Waals surface area contributed by atoms with Gasteiger partial charge in [-0.15, -0.1) is 0 Å². The fourth-order valence-corrected chi connectivity index (χ4v) is 5.17. The number of hydrogen-bond acceptors (Lipinski definition) is 3. The smallest absolute Gasteiger partial charge is 0.131 e. The molecule has 2 aromatic rings. The van der Waals surface area contributed by atoms with E-state index >= 15 is 0 Å². The van der Waals surface area contributed by atoms with Crippen molar-refractivity contribution in [2.75, 3.05) is 20.9 Å². The average Bonchev–Trinajstić information content (AvgIpc) is 2.47. The largest absolute Gasteiger partial charge is 0.496 e. The maximum absolute atomic E-state index is 5.94. The number of hydrogen-bond donors (Lipinski definition) is 0. The Hall–Kier alpha value is -1.31. The Morgan fingerprint density at radius 3 is 1.84 bits per heavy atom. The van der Waals surface area contributed by atoms with E-state index in [-0.39, 0.29) is 0 Å². The van der Waals surface area contributed by atoms with Gasteiger partial charge in [-0.2, -0.15) is 0 Å². The van der Waals surface area contributed by atoms with Crippen LogP contribution >= 0.6 is 6.04 Å². The highest BCUT2D eigenvalue weighted by Gasteiger charge is 2.24. The van der Waals surface area contributed by atoms with E-state index in [1.54, 1.807) is 14.2 Å². The molecule has 0 saturated heterocycles. The molecule has 100 valence electrons. The van der Waals surface area contributed by atoms with Crippen LogP contribution in [0.25, 0.3) is 0 Å². The van der Waals surface area contributed by atoms with E-state index in [4.69, 9.17) is 21.3 Å². The van der Waals surface area contributed by atoms with Crippen LogP contribution < -0.4 is 20.1 Å². The van der Waals surface area contributed by atoms with Crippen molar-refractivity contribution in [1.29, 1.82) is 0 Å². The molecule has 2 aromatic carbocycles. The lowest BCUT2D eigenvalue weighted by Gasteiger charge is -2.22. The van der Waals surface area contributed by atoms with Gasteiger partial charge < -0.3 is 9.47 Å². The summed E-state index contributed by atoms with van der Waals surface area (Å²) in [4.78, 5) is 0. The summed E-state index contributed by atoms with van der Waals surface area (Å²) in [6.07, 6.45) is 0. The Balaban J connectivity index is 2.67. The number of methoxy groups -OCH3 is 2. The zero-order valence-electron chi connectivity index (χ0n) is 11.3. The lowest BCUT2D eigenvalue weighted by molar-refractivity contribution is 0.401. The molecule has 0 saturated carbocycles. The summed E-state index contributed by atoms with van der Waals surface area (Å²) in [5.41, 5.74) is 0. The first-order valence-electron chi connectivity index (χ1n) is 5.96. The highest BCUT2D eigenvalue weighted by Crippen LogP contribution is 2.45. The predicted octanol–water partition coefficient (Wildman–Crippen LogP) is 2.76. The van der Waals surface area contributed by atoms with Gasteiger partial charge in [0.2, 0.25) is 0 Å². The van der Waals surface area contributed by atoms with Crippen LogP contribution in [0.4, 0.5) is 0 Å². The molecule has 19 heavy (non-hydrogen) atoms. The molecule has 0 bridgehead atoms. The molecule has 4 heteroatoms. The molecule has 0 amide bonds. The van der Waals surface area contributed by atoms with Crippen molar-refractivity contribution in [3.05, 3.63) is 48.5 Å². The van der Waals surface area contributed by atoms with Crippen molar-refractivity contribution in [1.82, 2.24) is 0 Å². The third kappa shape index (κ3) is 2.68. The lowest BCUT2D eigenvalue weighted by atomic mass is 10.3. The quantitative estimate of drug-likeness (QED) is 0.807. The second kappa shape index (κ2) is 5.77. The van der Waals surface area contributed by atoms with Crippen LogP contribution in [0.5, 0.6) is 11.5 Å². The van der Waals surface area contributed by atoms with Crippen LogP contribution in [0, 0.1) is 0 Å². The number of ether oxygens (including phenoxy) is 2. The molecule has 2 rings (SSSR count). The van der Waals surface area contributed by atoms with Gasteiger partial charge in [-0.05, 0) is 24.1 Å². The van der Waals surface area contributed by atoms with Gasteiger partial charge in [0.1, 0.15) is 11.5 Å². The molecule has 1 unspecified atom stereocenters. The Kier molecular flexibility index (Phi) is 4.28. The second-order valence-corrected chi connectivity index (χ2v) is 9.27. The molecule has 0 radical (unpaired) electrons. The van der Waals surface area contributed by atoms with Crippen molar-refractivity contribution in [2.24, 2.45) is 0 Å². The average molecular weight is 292 g/mol. The fraction of sp³-hybridized carbons (Fsp3) is 0.200. The minimum absolute atomic E-state index is 0.800. The predicted molar refractivity (Wildman–Crippen MR) is 85.5 cm³/mol. The molecule has 0 aliphatic rings. The van der Waals surface area contributed by atoms with Gasteiger partial charge in [-0.25, -0.2) is 0 Å². The van der Waals surface area contributed by atoms with Crippen molar-refractivity contribution >= 4 is 28.5 Å². The molecular weight excluding hydrogens is 275 g/mol. The maximum atomic E-state index is 5.94. The van der Waals surface area contributed by atoms with Crippen LogP contribution in [0.1, 0.15) is 0 Å². The van der Waals surface area contributed by atoms with Crippen molar-refractivity contribution in [3.63, 3.8) is 0 Å². The van der Waals surface area contributed by atoms with E-state index in [1.807, 2.05) is 36.4 Å². The first kappa shape index (κ1) is 14.1. The van der Waals surface area contributed by atoms with E-state index in [0.29, 0.717) is 0 Å². The molecule has 0 spiro atoms. The summed E-state index contributed by atoms with van der Waals surface area (Å²) >= 11 is 5.94. The third-order valence-electron chi connectivity index (χ3n) is 3.08. The van der Waals surface area contributed by atoms with Crippen LogP contribution in [0.3, 0.4) is 0 Å². The van der Waals surface area contributed by atoms with Gasteiger partial charge in [-0.1, -0.05) is 48.2 Å². The first-order valence-corrected chi connectivity index (χ1v) is 9.21. The topological polar surface area (TPSA) is 18.5 Å². The Morgan fingerprint density at radius 2 is 1.37 bits per heavy atom. The molecule has 1 atom stereocenters. The van der Waals surface area contributed by atoms with Crippen LogP contribution in [-0.2, 0) is 11.8 Å². The zero-order chi connectivity index (χ0) is 13.9. The highest BCUT2D eigenvalue weighted by molar-refractivity contribution is 8.21. The molecular formula is C15H17O2PS. The molecule has 0 N–H and O–H groups in total. The third-order valence-corrected chi connectivity index (χ3v) is 6.84. The summed E-state index contributed by atoms with van der Waals surface area (Å²) < 4.78 is 11.0. The zero-order valence-corrected chi connectivity index (χ0v) is 13.0. The standard InChI is InChI=1S/C15H17O2PS/c1-16-13-10-7-11-14(17-2)15(13)18(3,19)12-8-5-4-6-9-12/h4-11H,1-3H3. The summed E-state index contributed by atoms with van der Waals surface area (Å²) in [6.45, 7) is 2.11. The molecule has 0 heterocycles. The number of benzene rings is 2. The van der Waals surface area contributed by atoms with E-state index in [2.05, 4.69) is 18.8 Å². The van der Waals surface area contributed by atoms with Gasteiger partial charge in [-0.3, -0.25) is 0 Å². The van der Waals surface area contributed by atoms with Gasteiger partial charge >= 0.3 is 0 Å². The SMILES string of the molecule is COc1cccc(OC)c1P(C)(=S)c1ccccc1. The minimum atomic E-state index is -1.92. The van der Waals surface area contributed by atoms with Crippen molar-refractivity contribution in [3.8, 4) is 11.5 Å². The van der Waals surface area contributed by atoms with Gasteiger partial charge in [0.25, 0.3) is 0 Å². The summed E-state index contributed by atoms with van der Waals surface area (Å²) in [5, 5.41) is 2.16. The normalized spacial score (nSPS) is 13.6.